The first-order chi connectivity index (χ1) is 13.3. The predicted octanol–water partition coefficient (Wildman–Crippen LogP) is 4.73. The van der Waals surface area contributed by atoms with E-state index in [0.717, 1.165) is 43.3 Å². The highest BCUT2D eigenvalue weighted by Crippen LogP contribution is 2.39. The monoisotopic (exact) mass is 496 g/mol. The molecule has 28 heavy (non-hydrogen) atoms. The van der Waals surface area contributed by atoms with Crippen molar-refractivity contribution in [3.8, 4) is 12.3 Å². The van der Waals surface area contributed by atoms with Gasteiger partial charge in [-0.15, -0.1) is 6.42 Å². The van der Waals surface area contributed by atoms with Crippen LogP contribution in [0.25, 0.3) is 0 Å². The second-order valence-corrected chi connectivity index (χ2v) is 8.88. The molecular weight excluding hydrogens is 463 g/mol. The molecule has 0 aromatic carbocycles. The number of likely N-dealkylation sites (tertiary alicyclic amines) is 1. The van der Waals surface area contributed by atoms with Crippen molar-refractivity contribution in [3.63, 3.8) is 0 Å². The number of halogens is 1. The summed E-state index contributed by atoms with van der Waals surface area (Å²) in [6, 6.07) is 0.648. The lowest BCUT2D eigenvalue weighted by Gasteiger charge is -2.26. The first-order valence-electron chi connectivity index (χ1n) is 10.2. The molecule has 5 heteroatoms. The Labute approximate surface area is 183 Å². The molecule has 4 nitrogen and oxygen atoms in total. The summed E-state index contributed by atoms with van der Waals surface area (Å²) in [7, 11) is 2.16. The Hall–Kier alpha value is -1.42. The van der Waals surface area contributed by atoms with Crippen LogP contribution in [0.15, 0.2) is 34.8 Å². The average molecular weight is 496 g/mol. The fourth-order valence-electron chi connectivity index (χ4n) is 4.38. The van der Waals surface area contributed by atoms with Crippen molar-refractivity contribution in [1.82, 2.24) is 10.2 Å². The normalized spacial score (nSPS) is 29.3. The molecule has 1 heterocycles. The van der Waals surface area contributed by atoms with E-state index in [1.807, 2.05) is 6.08 Å². The molecule has 1 aliphatic carbocycles. The van der Waals surface area contributed by atoms with E-state index in [4.69, 9.17) is 6.42 Å². The summed E-state index contributed by atoms with van der Waals surface area (Å²) in [4.78, 5) is 14.0. The maximum atomic E-state index is 11.6. The molecule has 0 saturated carbocycles. The van der Waals surface area contributed by atoms with E-state index in [1.54, 1.807) is 0 Å². The number of aliphatic hydroxyl groups is 1. The van der Waals surface area contributed by atoms with Crippen molar-refractivity contribution in [2.45, 2.75) is 65.0 Å². The van der Waals surface area contributed by atoms with Crippen molar-refractivity contribution in [2.24, 2.45) is 11.8 Å². The van der Waals surface area contributed by atoms with Gasteiger partial charge in [-0.05, 0) is 56.6 Å². The van der Waals surface area contributed by atoms with Gasteiger partial charge < -0.3 is 15.3 Å². The topological polar surface area (TPSA) is 52.6 Å². The molecule has 1 amide bonds. The number of carbonyl (C=O) groups is 1. The van der Waals surface area contributed by atoms with Crippen LogP contribution in [0.4, 0.5) is 0 Å². The summed E-state index contributed by atoms with van der Waals surface area (Å²) in [5.41, 5.74) is 2.96. The van der Waals surface area contributed by atoms with Crippen LogP contribution in [-0.2, 0) is 4.79 Å². The summed E-state index contributed by atoms with van der Waals surface area (Å²) in [6.45, 7) is 6.66. The van der Waals surface area contributed by atoms with Gasteiger partial charge in [0.2, 0.25) is 5.91 Å². The highest BCUT2D eigenvalue weighted by molar-refractivity contribution is 14.1. The molecule has 1 saturated heterocycles. The standard InChI is InChI=1S/C23H33IN2O2/c1-6-18-8-7-9-19(23(18)28)11-13-21-17(4)16(3)20(26(21)5)12-10-15(2)25-22(27)14-24/h1,11,13,15-17,20,28H,7-10,12,14H2,2-5H3,(H,25,27)/b19-11+,21-13+. The van der Waals surface area contributed by atoms with Gasteiger partial charge in [0.05, 0.1) is 4.43 Å². The maximum absolute atomic E-state index is 11.6. The van der Waals surface area contributed by atoms with Crippen molar-refractivity contribution in [3.05, 3.63) is 34.8 Å². The summed E-state index contributed by atoms with van der Waals surface area (Å²) in [5.74, 6) is 4.01. The average Bonchev–Trinajstić information content (AvgIpc) is 2.88. The molecule has 154 valence electrons. The van der Waals surface area contributed by atoms with Crippen molar-refractivity contribution >= 4 is 28.5 Å². The second-order valence-electron chi connectivity index (χ2n) is 8.11. The summed E-state index contributed by atoms with van der Waals surface area (Å²) in [5, 5.41) is 13.4. The predicted molar refractivity (Wildman–Crippen MR) is 124 cm³/mol. The second kappa shape index (κ2) is 10.4. The molecule has 4 unspecified atom stereocenters. The van der Waals surface area contributed by atoms with Gasteiger partial charge in [-0.2, -0.15) is 0 Å². The Morgan fingerprint density at radius 3 is 2.79 bits per heavy atom. The van der Waals surface area contributed by atoms with Crippen molar-refractivity contribution in [1.29, 1.82) is 0 Å². The van der Waals surface area contributed by atoms with Gasteiger partial charge in [-0.1, -0.05) is 48.4 Å². The largest absolute Gasteiger partial charge is 0.507 e. The van der Waals surface area contributed by atoms with Crippen LogP contribution in [0, 0.1) is 24.2 Å². The van der Waals surface area contributed by atoms with Gasteiger partial charge in [0.1, 0.15) is 5.76 Å². The fraction of sp³-hybridized carbons (Fsp3) is 0.609. The number of hydrogen-bond donors (Lipinski definition) is 2. The highest BCUT2D eigenvalue weighted by atomic mass is 127. The number of aliphatic hydroxyl groups excluding tert-OH is 1. The zero-order valence-electron chi connectivity index (χ0n) is 17.5. The molecule has 2 N–H and O–H groups in total. The lowest BCUT2D eigenvalue weighted by Crippen LogP contribution is -2.35. The third kappa shape index (κ3) is 5.34. The quantitative estimate of drug-likeness (QED) is 0.318. The zero-order valence-corrected chi connectivity index (χ0v) is 19.6. The van der Waals surface area contributed by atoms with Crippen LogP contribution in [0.5, 0.6) is 0 Å². The van der Waals surface area contributed by atoms with E-state index in [2.05, 4.69) is 72.6 Å². The lowest BCUT2D eigenvalue weighted by atomic mass is 9.89. The number of allylic oxidation sites excluding steroid dienone is 5. The van der Waals surface area contributed by atoms with E-state index in [1.165, 1.54) is 5.70 Å². The zero-order chi connectivity index (χ0) is 20.8. The summed E-state index contributed by atoms with van der Waals surface area (Å²) >= 11 is 2.09. The highest BCUT2D eigenvalue weighted by Gasteiger charge is 2.37. The number of alkyl halides is 1. The maximum Gasteiger partial charge on any atom is 0.230 e. The van der Waals surface area contributed by atoms with E-state index >= 15 is 0 Å². The Bertz CT molecular complexity index is 717. The number of nitrogens with one attached hydrogen (secondary N) is 1. The minimum absolute atomic E-state index is 0.105. The first kappa shape index (κ1) is 22.9. The molecule has 1 fully saturated rings. The minimum Gasteiger partial charge on any atom is -0.507 e. The Morgan fingerprint density at radius 1 is 1.43 bits per heavy atom. The third-order valence-corrected chi connectivity index (χ3v) is 6.98. The Kier molecular flexibility index (Phi) is 8.48. The number of rotatable bonds is 6. The summed E-state index contributed by atoms with van der Waals surface area (Å²) in [6.07, 6.45) is 14.4. The molecule has 0 aromatic heterocycles. The van der Waals surface area contributed by atoms with Crippen LogP contribution in [0.3, 0.4) is 0 Å². The van der Waals surface area contributed by atoms with Crippen molar-refractivity contribution < 1.29 is 9.90 Å². The molecule has 4 atom stereocenters. The van der Waals surface area contributed by atoms with Gasteiger partial charge in [-0.3, -0.25) is 4.79 Å². The minimum atomic E-state index is 0.105. The van der Waals surface area contributed by atoms with Gasteiger partial charge in [0.25, 0.3) is 0 Å². The fourth-order valence-corrected chi connectivity index (χ4v) is 4.60. The Morgan fingerprint density at radius 2 is 2.14 bits per heavy atom. The van der Waals surface area contributed by atoms with E-state index < -0.39 is 0 Å². The summed E-state index contributed by atoms with van der Waals surface area (Å²) < 4.78 is 0.503. The van der Waals surface area contributed by atoms with Gasteiger partial charge in [0, 0.05) is 36.3 Å². The number of carbonyl (C=O) groups excluding carboxylic acids is 1. The third-order valence-electron chi connectivity index (χ3n) is 6.28. The molecule has 0 aromatic rings. The van der Waals surface area contributed by atoms with Gasteiger partial charge in [-0.25, -0.2) is 0 Å². The van der Waals surface area contributed by atoms with Crippen LogP contribution >= 0.6 is 22.6 Å². The first-order valence-corrected chi connectivity index (χ1v) is 11.7. The molecule has 0 bridgehead atoms. The molecule has 0 spiro atoms. The van der Waals surface area contributed by atoms with Crippen LogP contribution in [0.2, 0.25) is 0 Å². The smallest absolute Gasteiger partial charge is 0.230 e. The molecule has 2 rings (SSSR count). The SMILES string of the molecule is C#CC1=C(O)/C(=C/C=C2\C(C)C(C)C(CCC(C)NC(=O)CI)N2C)CCC1. The molecule has 1 aliphatic heterocycles. The molecule has 0 radical (unpaired) electrons. The van der Waals surface area contributed by atoms with Gasteiger partial charge in [0.15, 0.2) is 0 Å². The number of hydrogen-bond acceptors (Lipinski definition) is 3. The number of terminal acetylenes is 1. The lowest BCUT2D eigenvalue weighted by molar-refractivity contribution is -0.118. The van der Waals surface area contributed by atoms with Crippen LogP contribution in [0.1, 0.15) is 52.9 Å². The van der Waals surface area contributed by atoms with Crippen LogP contribution in [-0.4, -0.2) is 39.5 Å². The van der Waals surface area contributed by atoms with Crippen molar-refractivity contribution in [2.75, 3.05) is 11.5 Å². The van der Waals surface area contributed by atoms with E-state index in [0.29, 0.717) is 28.1 Å². The molecule has 2 aliphatic rings. The van der Waals surface area contributed by atoms with E-state index in [-0.39, 0.29) is 11.9 Å². The Balaban J connectivity index is 2.09. The number of amides is 1. The number of nitrogens with zero attached hydrogens (tertiary/aromatic N) is 1. The van der Waals surface area contributed by atoms with Gasteiger partial charge >= 0.3 is 0 Å². The van der Waals surface area contributed by atoms with Crippen LogP contribution < -0.4 is 5.32 Å². The van der Waals surface area contributed by atoms with E-state index in [9.17, 15) is 9.90 Å². The molecular formula is C23H33IN2O2.